The minimum atomic E-state index is -0.217. The van der Waals surface area contributed by atoms with Crippen molar-refractivity contribution in [3.8, 4) is 0 Å². The first-order valence-electron chi connectivity index (χ1n) is 5.90. The molecule has 5 nitrogen and oxygen atoms in total. The molecule has 2 rings (SSSR count). The van der Waals surface area contributed by atoms with E-state index in [0.717, 1.165) is 10.2 Å². The van der Waals surface area contributed by atoms with Crippen LogP contribution in [0, 0.1) is 0 Å². The molecule has 0 fully saturated rings. The fourth-order valence-electron chi connectivity index (χ4n) is 1.47. The molecule has 1 amide bonds. The lowest BCUT2D eigenvalue weighted by molar-refractivity contribution is -0.115. The summed E-state index contributed by atoms with van der Waals surface area (Å²) < 4.78 is 1.68. The van der Waals surface area contributed by atoms with Gasteiger partial charge in [0.1, 0.15) is 0 Å². The summed E-state index contributed by atoms with van der Waals surface area (Å²) in [6.45, 7) is 1.96. The van der Waals surface area contributed by atoms with E-state index in [4.69, 9.17) is 5.73 Å². The number of amides is 1. The van der Waals surface area contributed by atoms with Crippen LogP contribution >= 0.6 is 39.0 Å². The van der Waals surface area contributed by atoms with Crippen molar-refractivity contribution in [2.45, 2.75) is 22.9 Å². The van der Waals surface area contributed by atoms with Crippen molar-refractivity contribution in [3.63, 3.8) is 0 Å². The maximum absolute atomic E-state index is 12.2. The molecule has 1 heterocycles. The zero-order chi connectivity index (χ0) is 14.5. The molecule has 8 heteroatoms. The molecule has 1 aromatic carbocycles. The Morgan fingerprint density at radius 3 is 2.70 bits per heavy atom. The van der Waals surface area contributed by atoms with Crippen molar-refractivity contribution in [1.82, 2.24) is 10.2 Å². The second-order valence-electron chi connectivity index (χ2n) is 3.92. The molecule has 0 aliphatic carbocycles. The van der Waals surface area contributed by atoms with E-state index in [1.165, 1.54) is 23.1 Å². The van der Waals surface area contributed by atoms with Crippen LogP contribution in [0.25, 0.3) is 0 Å². The molecule has 1 atom stereocenters. The average molecular weight is 373 g/mol. The van der Waals surface area contributed by atoms with Gasteiger partial charge in [-0.05, 0) is 30.7 Å². The molecule has 1 aromatic heterocycles. The van der Waals surface area contributed by atoms with Gasteiger partial charge in [-0.15, -0.1) is 10.2 Å². The quantitative estimate of drug-likeness (QED) is 0.786. The van der Waals surface area contributed by atoms with E-state index in [1.54, 1.807) is 0 Å². The Hall–Kier alpha value is -1.12. The summed E-state index contributed by atoms with van der Waals surface area (Å²) in [6, 6.07) is 7.47. The van der Waals surface area contributed by atoms with Crippen LogP contribution in [0.5, 0.6) is 0 Å². The Labute approximate surface area is 133 Å². The summed E-state index contributed by atoms with van der Waals surface area (Å²) in [4.78, 5) is 12.2. The van der Waals surface area contributed by atoms with Gasteiger partial charge in [0.15, 0.2) is 4.34 Å². The predicted molar refractivity (Wildman–Crippen MR) is 87.0 cm³/mol. The summed E-state index contributed by atoms with van der Waals surface area (Å²) in [5.74, 6) is -0.0476. The summed E-state index contributed by atoms with van der Waals surface area (Å²) in [7, 11) is 0. The lowest BCUT2D eigenvalue weighted by atomic mass is 10.3. The van der Waals surface area contributed by atoms with Crippen molar-refractivity contribution >= 4 is 55.8 Å². The van der Waals surface area contributed by atoms with Gasteiger partial charge in [-0.1, -0.05) is 46.0 Å². The third-order valence-electron chi connectivity index (χ3n) is 2.44. The molecule has 0 bridgehead atoms. The lowest BCUT2D eigenvalue weighted by Gasteiger charge is -2.13. The van der Waals surface area contributed by atoms with E-state index in [9.17, 15) is 4.79 Å². The normalized spacial score (nSPS) is 12.1. The van der Waals surface area contributed by atoms with Crippen molar-refractivity contribution in [2.75, 3.05) is 11.1 Å². The highest BCUT2D eigenvalue weighted by molar-refractivity contribution is 9.10. The number of nitrogens with one attached hydrogen (secondary N) is 1. The van der Waals surface area contributed by atoms with Crippen molar-refractivity contribution in [3.05, 3.63) is 28.7 Å². The summed E-state index contributed by atoms with van der Waals surface area (Å²) in [5, 5.41) is 10.8. The summed E-state index contributed by atoms with van der Waals surface area (Å²) in [6.07, 6.45) is 0.701. The molecule has 3 N–H and O–H groups in total. The number of nitrogens with zero attached hydrogens (tertiary/aromatic N) is 2. The molecular weight excluding hydrogens is 360 g/mol. The van der Waals surface area contributed by atoms with Gasteiger partial charge < -0.3 is 11.1 Å². The topological polar surface area (TPSA) is 80.9 Å². The standard InChI is InChI=1S/C12H13BrN4OS2/c1-2-9(19-12-17-16-11(14)20-12)10(18)15-8-5-3-7(13)4-6-8/h3-6,9H,2H2,1H3,(H2,14,16)(H,15,18). The Kier molecular flexibility index (Phi) is 5.38. The molecule has 20 heavy (non-hydrogen) atoms. The van der Waals surface area contributed by atoms with Gasteiger partial charge in [-0.2, -0.15) is 0 Å². The van der Waals surface area contributed by atoms with E-state index in [2.05, 4.69) is 31.4 Å². The van der Waals surface area contributed by atoms with Crippen LogP contribution in [0.4, 0.5) is 10.8 Å². The van der Waals surface area contributed by atoms with Crippen molar-refractivity contribution in [2.24, 2.45) is 0 Å². The molecule has 1 unspecified atom stereocenters. The van der Waals surface area contributed by atoms with Crippen LogP contribution in [0.15, 0.2) is 33.1 Å². The Balaban J connectivity index is 2.00. The molecule has 0 saturated carbocycles. The van der Waals surface area contributed by atoms with Gasteiger partial charge in [0.2, 0.25) is 11.0 Å². The molecule has 0 aliphatic rings. The van der Waals surface area contributed by atoms with Gasteiger partial charge >= 0.3 is 0 Å². The summed E-state index contributed by atoms with van der Waals surface area (Å²) in [5.41, 5.74) is 6.31. The fraction of sp³-hybridized carbons (Fsp3) is 0.250. The number of hydrogen-bond acceptors (Lipinski definition) is 6. The van der Waals surface area contributed by atoms with Crippen molar-refractivity contribution < 1.29 is 4.79 Å². The monoisotopic (exact) mass is 372 g/mol. The Morgan fingerprint density at radius 2 is 2.15 bits per heavy atom. The SMILES string of the molecule is CCC(Sc1nnc(N)s1)C(=O)Nc1ccc(Br)cc1. The van der Waals surface area contributed by atoms with Crippen LogP contribution in [0.1, 0.15) is 13.3 Å². The first-order valence-corrected chi connectivity index (χ1v) is 8.39. The number of aromatic nitrogens is 2. The largest absolute Gasteiger partial charge is 0.374 e. The second-order valence-corrected chi connectivity index (χ2v) is 7.29. The van der Waals surface area contributed by atoms with E-state index >= 15 is 0 Å². The third kappa shape index (κ3) is 4.19. The highest BCUT2D eigenvalue weighted by Crippen LogP contribution is 2.29. The zero-order valence-corrected chi connectivity index (χ0v) is 13.9. The number of carbonyl (C=O) groups excluding carboxylic acids is 1. The second kappa shape index (κ2) is 7.05. The van der Waals surface area contributed by atoms with Crippen LogP contribution in [0.2, 0.25) is 0 Å². The maximum atomic E-state index is 12.2. The number of anilines is 2. The van der Waals surface area contributed by atoms with Gasteiger partial charge in [0.25, 0.3) is 0 Å². The minimum absolute atomic E-state index is 0.0476. The number of carbonyl (C=O) groups is 1. The van der Waals surface area contributed by atoms with Crippen LogP contribution < -0.4 is 11.1 Å². The van der Waals surface area contributed by atoms with Crippen molar-refractivity contribution in [1.29, 1.82) is 0 Å². The predicted octanol–water partition coefficient (Wildman–Crippen LogP) is 3.39. The first-order chi connectivity index (χ1) is 9.58. The molecule has 0 radical (unpaired) electrons. The minimum Gasteiger partial charge on any atom is -0.374 e. The molecular formula is C12H13BrN4OS2. The number of nitrogen functional groups attached to an aromatic ring is 1. The Bertz CT molecular complexity index is 587. The van der Waals surface area contributed by atoms with Gasteiger partial charge in [-0.25, -0.2) is 0 Å². The number of halogens is 1. The van der Waals surface area contributed by atoms with E-state index in [1.807, 2.05) is 31.2 Å². The molecule has 2 aromatic rings. The van der Waals surface area contributed by atoms with Crippen LogP contribution in [0.3, 0.4) is 0 Å². The highest BCUT2D eigenvalue weighted by Gasteiger charge is 2.20. The zero-order valence-electron chi connectivity index (χ0n) is 10.7. The maximum Gasteiger partial charge on any atom is 0.237 e. The van der Waals surface area contributed by atoms with E-state index in [0.29, 0.717) is 15.9 Å². The Morgan fingerprint density at radius 1 is 1.45 bits per heavy atom. The van der Waals surface area contributed by atoms with E-state index in [-0.39, 0.29) is 11.2 Å². The lowest BCUT2D eigenvalue weighted by Crippen LogP contribution is -2.24. The smallest absolute Gasteiger partial charge is 0.237 e. The van der Waals surface area contributed by atoms with Crippen LogP contribution in [-0.4, -0.2) is 21.4 Å². The number of nitrogens with two attached hydrogens (primary N) is 1. The fourth-order valence-corrected chi connectivity index (χ4v) is 3.54. The number of rotatable bonds is 5. The average Bonchev–Trinajstić information content (AvgIpc) is 2.84. The van der Waals surface area contributed by atoms with Crippen LogP contribution in [-0.2, 0) is 4.79 Å². The number of benzene rings is 1. The third-order valence-corrected chi connectivity index (χ3v) is 5.17. The number of hydrogen-bond donors (Lipinski definition) is 2. The van der Waals surface area contributed by atoms with Gasteiger partial charge in [0, 0.05) is 10.2 Å². The highest BCUT2D eigenvalue weighted by atomic mass is 79.9. The molecule has 0 saturated heterocycles. The van der Waals surface area contributed by atoms with Gasteiger partial charge in [0.05, 0.1) is 5.25 Å². The molecule has 0 aliphatic heterocycles. The number of thioether (sulfide) groups is 1. The molecule has 0 spiro atoms. The van der Waals surface area contributed by atoms with E-state index < -0.39 is 0 Å². The first kappa shape index (κ1) is 15.3. The summed E-state index contributed by atoms with van der Waals surface area (Å²) >= 11 is 6.03. The molecule has 106 valence electrons. The van der Waals surface area contributed by atoms with Gasteiger partial charge in [-0.3, -0.25) is 4.79 Å².